The molecule has 1 unspecified atom stereocenters. The summed E-state index contributed by atoms with van der Waals surface area (Å²) >= 11 is 0. The third kappa shape index (κ3) is 1.48. The Bertz CT molecular complexity index is 301. The Hall–Kier alpha value is -0.830. The topological polar surface area (TPSA) is 54.7 Å². The zero-order chi connectivity index (χ0) is 9.42. The van der Waals surface area contributed by atoms with Gasteiger partial charge in [-0.15, -0.1) is 0 Å². The van der Waals surface area contributed by atoms with Crippen LogP contribution in [0.4, 0.5) is 0 Å². The molecule has 3 N–H and O–H groups in total. The van der Waals surface area contributed by atoms with E-state index >= 15 is 0 Å². The summed E-state index contributed by atoms with van der Waals surface area (Å²) in [5.74, 6) is 0.682. The first-order valence-corrected chi connectivity index (χ1v) is 5.00. The zero-order valence-corrected chi connectivity index (χ0v) is 8.30. The molecule has 3 heteroatoms. The highest BCUT2D eigenvalue weighted by Crippen LogP contribution is 2.30. The molecule has 3 nitrogen and oxygen atoms in total. The van der Waals surface area contributed by atoms with Gasteiger partial charge in [0.25, 0.3) is 0 Å². The molecule has 0 saturated heterocycles. The van der Waals surface area contributed by atoms with Crippen LogP contribution in [0, 0.1) is 5.92 Å². The second-order valence-corrected chi connectivity index (χ2v) is 4.31. The quantitative estimate of drug-likeness (QED) is 0.723. The first-order chi connectivity index (χ1) is 6.18. The van der Waals surface area contributed by atoms with Gasteiger partial charge >= 0.3 is 0 Å². The molecule has 1 aliphatic carbocycles. The lowest BCUT2D eigenvalue weighted by Crippen LogP contribution is -2.05. The predicted molar refractivity (Wildman–Crippen MR) is 52.4 cm³/mol. The van der Waals surface area contributed by atoms with Crippen molar-refractivity contribution in [1.29, 1.82) is 0 Å². The summed E-state index contributed by atoms with van der Waals surface area (Å²) in [6.45, 7) is 4.45. The number of H-pyrrole nitrogens is 1. The number of aromatic nitrogens is 2. The van der Waals surface area contributed by atoms with E-state index in [1.165, 1.54) is 11.3 Å². The van der Waals surface area contributed by atoms with Gasteiger partial charge in [0.2, 0.25) is 0 Å². The van der Waals surface area contributed by atoms with Gasteiger partial charge in [-0.2, -0.15) is 5.10 Å². The number of aromatic amines is 1. The van der Waals surface area contributed by atoms with Crippen LogP contribution in [0.15, 0.2) is 0 Å². The van der Waals surface area contributed by atoms with Crippen molar-refractivity contribution >= 4 is 0 Å². The maximum absolute atomic E-state index is 5.91. The molecule has 1 aliphatic rings. The van der Waals surface area contributed by atoms with E-state index in [1.807, 2.05) is 0 Å². The summed E-state index contributed by atoms with van der Waals surface area (Å²) in [6.07, 6.45) is 3.27. The van der Waals surface area contributed by atoms with Gasteiger partial charge in [-0.25, -0.2) is 0 Å². The second kappa shape index (κ2) is 3.14. The van der Waals surface area contributed by atoms with Gasteiger partial charge in [0.15, 0.2) is 0 Å². The molecule has 0 aromatic carbocycles. The van der Waals surface area contributed by atoms with Gasteiger partial charge in [-0.05, 0) is 30.7 Å². The predicted octanol–water partition coefficient (Wildman–Crippen LogP) is 1.55. The molecular formula is C10H17N3. The molecular weight excluding hydrogens is 162 g/mol. The fourth-order valence-corrected chi connectivity index (χ4v) is 2.02. The van der Waals surface area contributed by atoms with Crippen molar-refractivity contribution < 1.29 is 0 Å². The molecule has 0 aliphatic heterocycles. The summed E-state index contributed by atoms with van der Waals surface area (Å²) in [5, 5.41) is 7.39. The average Bonchev–Trinajstić information content (AvgIpc) is 2.56. The maximum Gasteiger partial charge on any atom is 0.0824 e. The van der Waals surface area contributed by atoms with Crippen LogP contribution in [0.2, 0.25) is 0 Å². The fraction of sp³-hybridized carbons (Fsp3) is 0.700. The SMILES string of the molecule is CC(C)Cc1[nH]nc2c1CCC2N. The van der Waals surface area contributed by atoms with E-state index in [9.17, 15) is 0 Å². The summed E-state index contributed by atoms with van der Waals surface area (Å²) in [6, 6.07) is 0.173. The van der Waals surface area contributed by atoms with Crippen molar-refractivity contribution in [3.63, 3.8) is 0 Å². The van der Waals surface area contributed by atoms with Gasteiger partial charge in [0, 0.05) is 11.7 Å². The molecule has 1 atom stereocenters. The average molecular weight is 179 g/mol. The Labute approximate surface area is 78.7 Å². The third-order valence-corrected chi connectivity index (χ3v) is 2.65. The van der Waals surface area contributed by atoms with E-state index < -0.39 is 0 Å². The van der Waals surface area contributed by atoms with Gasteiger partial charge in [0.05, 0.1) is 5.69 Å². The summed E-state index contributed by atoms with van der Waals surface area (Å²) in [5.41, 5.74) is 9.71. The molecule has 1 aromatic heterocycles. The van der Waals surface area contributed by atoms with Crippen LogP contribution >= 0.6 is 0 Å². The lowest BCUT2D eigenvalue weighted by molar-refractivity contribution is 0.622. The molecule has 0 radical (unpaired) electrons. The van der Waals surface area contributed by atoms with Crippen molar-refractivity contribution in [2.75, 3.05) is 0 Å². The molecule has 0 spiro atoms. The minimum atomic E-state index is 0.173. The molecule has 1 heterocycles. The minimum absolute atomic E-state index is 0.173. The monoisotopic (exact) mass is 179 g/mol. The van der Waals surface area contributed by atoms with Crippen LogP contribution in [0.5, 0.6) is 0 Å². The smallest absolute Gasteiger partial charge is 0.0824 e. The van der Waals surface area contributed by atoms with Crippen LogP contribution in [0.3, 0.4) is 0 Å². The Morgan fingerprint density at radius 2 is 2.38 bits per heavy atom. The number of rotatable bonds is 2. The Kier molecular flexibility index (Phi) is 2.12. The van der Waals surface area contributed by atoms with E-state index in [-0.39, 0.29) is 6.04 Å². The lowest BCUT2D eigenvalue weighted by Gasteiger charge is -2.02. The van der Waals surface area contributed by atoms with Gasteiger partial charge in [-0.1, -0.05) is 13.8 Å². The summed E-state index contributed by atoms with van der Waals surface area (Å²) in [7, 11) is 0. The standard InChI is InChI=1S/C10H17N3/c1-6(2)5-9-7-3-4-8(11)10(7)13-12-9/h6,8H,3-5,11H2,1-2H3,(H,12,13). The highest BCUT2D eigenvalue weighted by atomic mass is 15.1. The highest BCUT2D eigenvalue weighted by Gasteiger charge is 2.25. The van der Waals surface area contributed by atoms with Gasteiger partial charge in [-0.3, -0.25) is 5.10 Å². The van der Waals surface area contributed by atoms with Crippen LogP contribution in [-0.2, 0) is 12.8 Å². The number of nitrogens with two attached hydrogens (primary N) is 1. The van der Waals surface area contributed by atoms with E-state index in [0.29, 0.717) is 5.92 Å². The van der Waals surface area contributed by atoms with Gasteiger partial charge in [0.1, 0.15) is 0 Å². The van der Waals surface area contributed by atoms with Crippen LogP contribution < -0.4 is 5.73 Å². The van der Waals surface area contributed by atoms with Crippen molar-refractivity contribution in [3.05, 3.63) is 17.0 Å². The fourth-order valence-electron chi connectivity index (χ4n) is 2.02. The molecule has 2 rings (SSSR count). The van der Waals surface area contributed by atoms with Crippen molar-refractivity contribution in [2.45, 2.75) is 39.2 Å². The van der Waals surface area contributed by atoms with Crippen molar-refractivity contribution in [3.8, 4) is 0 Å². The van der Waals surface area contributed by atoms with Crippen molar-refractivity contribution in [1.82, 2.24) is 10.2 Å². The number of fused-ring (bicyclic) bond motifs is 1. The summed E-state index contributed by atoms with van der Waals surface area (Å²) in [4.78, 5) is 0. The zero-order valence-electron chi connectivity index (χ0n) is 8.30. The van der Waals surface area contributed by atoms with Crippen molar-refractivity contribution in [2.24, 2.45) is 11.7 Å². The first-order valence-electron chi connectivity index (χ1n) is 5.00. The highest BCUT2D eigenvalue weighted by molar-refractivity contribution is 5.32. The van der Waals surface area contributed by atoms with Crippen LogP contribution in [0.1, 0.15) is 43.3 Å². The van der Waals surface area contributed by atoms with Crippen LogP contribution in [-0.4, -0.2) is 10.2 Å². The normalized spacial score (nSPS) is 21.1. The molecule has 0 fully saturated rings. The van der Waals surface area contributed by atoms with E-state index in [2.05, 4.69) is 24.0 Å². The van der Waals surface area contributed by atoms with E-state index in [1.54, 1.807) is 0 Å². The van der Waals surface area contributed by atoms with Gasteiger partial charge < -0.3 is 5.73 Å². The second-order valence-electron chi connectivity index (χ2n) is 4.31. The van der Waals surface area contributed by atoms with Crippen LogP contribution in [0.25, 0.3) is 0 Å². The largest absolute Gasteiger partial charge is 0.323 e. The Morgan fingerprint density at radius 3 is 3.08 bits per heavy atom. The molecule has 0 bridgehead atoms. The number of hydrogen-bond donors (Lipinski definition) is 2. The third-order valence-electron chi connectivity index (χ3n) is 2.65. The molecule has 0 saturated carbocycles. The molecule has 72 valence electrons. The number of hydrogen-bond acceptors (Lipinski definition) is 2. The molecule has 1 aromatic rings. The Morgan fingerprint density at radius 1 is 1.62 bits per heavy atom. The minimum Gasteiger partial charge on any atom is -0.323 e. The maximum atomic E-state index is 5.91. The molecule has 13 heavy (non-hydrogen) atoms. The first kappa shape index (κ1) is 8.75. The van der Waals surface area contributed by atoms with E-state index in [0.717, 1.165) is 25.0 Å². The van der Waals surface area contributed by atoms with E-state index in [4.69, 9.17) is 5.73 Å². The molecule has 0 amide bonds. The summed E-state index contributed by atoms with van der Waals surface area (Å²) < 4.78 is 0. The lowest BCUT2D eigenvalue weighted by atomic mass is 10.0. The number of nitrogens with zero attached hydrogens (tertiary/aromatic N) is 1. The Balaban J connectivity index is 2.25. The number of nitrogens with one attached hydrogen (secondary N) is 1.